The molecule has 2 aromatic heterocycles. The zero-order valence-electron chi connectivity index (χ0n) is 9.38. The maximum Gasteiger partial charge on any atom is 0.258 e. The van der Waals surface area contributed by atoms with Crippen LogP contribution in [0, 0.1) is 6.92 Å². The molecular weight excluding hydrogens is 254 g/mol. The van der Waals surface area contributed by atoms with E-state index in [-0.39, 0.29) is 0 Å². The van der Waals surface area contributed by atoms with Gasteiger partial charge in [-0.05, 0) is 24.6 Å². The minimum absolute atomic E-state index is 0.360. The first-order valence-electron chi connectivity index (χ1n) is 5.20. The van der Waals surface area contributed by atoms with Gasteiger partial charge in [0.15, 0.2) is 5.82 Å². The summed E-state index contributed by atoms with van der Waals surface area (Å²) in [6, 6.07) is 5.56. The summed E-state index contributed by atoms with van der Waals surface area (Å²) in [6.07, 6.45) is 1.38. The zero-order valence-corrected chi connectivity index (χ0v) is 10.1. The van der Waals surface area contributed by atoms with E-state index in [4.69, 9.17) is 16.1 Å². The van der Waals surface area contributed by atoms with Crippen molar-refractivity contribution in [3.63, 3.8) is 0 Å². The lowest BCUT2D eigenvalue weighted by atomic mass is 10.1. The van der Waals surface area contributed by atoms with Crippen molar-refractivity contribution in [2.75, 3.05) is 0 Å². The molecule has 0 saturated carbocycles. The highest BCUT2D eigenvalue weighted by molar-refractivity contribution is 6.31. The summed E-state index contributed by atoms with van der Waals surface area (Å²) in [5, 5.41) is 10.9. The van der Waals surface area contributed by atoms with E-state index >= 15 is 0 Å². The first-order chi connectivity index (χ1) is 8.74. The molecule has 1 N–H and O–H groups in total. The van der Waals surface area contributed by atoms with Gasteiger partial charge in [0.1, 0.15) is 6.33 Å². The molecule has 0 unspecified atom stereocenters. The quantitative estimate of drug-likeness (QED) is 0.766. The third kappa shape index (κ3) is 1.86. The van der Waals surface area contributed by atoms with Gasteiger partial charge in [0, 0.05) is 10.6 Å². The van der Waals surface area contributed by atoms with Crippen molar-refractivity contribution in [3.05, 3.63) is 35.1 Å². The number of nitrogens with zero attached hydrogens (tertiary/aromatic N) is 4. The van der Waals surface area contributed by atoms with Gasteiger partial charge in [0.05, 0.1) is 0 Å². The lowest BCUT2D eigenvalue weighted by Crippen LogP contribution is -1.84. The van der Waals surface area contributed by atoms with E-state index in [9.17, 15) is 0 Å². The average molecular weight is 262 g/mol. The molecule has 0 aliphatic heterocycles. The van der Waals surface area contributed by atoms with E-state index in [0.29, 0.717) is 22.6 Å². The third-order valence-electron chi connectivity index (χ3n) is 2.47. The van der Waals surface area contributed by atoms with Crippen LogP contribution in [0.2, 0.25) is 5.02 Å². The molecule has 0 aliphatic carbocycles. The topological polar surface area (TPSA) is 80.5 Å². The van der Waals surface area contributed by atoms with Gasteiger partial charge in [-0.2, -0.15) is 10.1 Å². The van der Waals surface area contributed by atoms with E-state index in [0.717, 1.165) is 11.1 Å². The largest absolute Gasteiger partial charge is 0.333 e. The number of aromatic nitrogens is 5. The van der Waals surface area contributed by atoms with Gasteiger partial charge in [-0.3, -0.25) is 5.10 Å². The van der Waals surface area contributed by atoms with Crippen LogP contribution in [0.1, 0.15) is 5.56 Å². The van der Waals surface area contributed by atoms with Crippen LogP contribution in [0.3, 0.4) is 0 Å². The molecule has 0 aliphatic rings. The SMILES string of the molecule is Cc1ccc(-c2nc(-c3ncn[nH]3)no2)cc1Cl. The average Bonchev–Trinajstić information content (AvgIpc) is 3.01. The molecule has 0 atom stereocenters. The van der Waals surface area contributed by atoms with E-state index in [2.05, 4.69) is 25.3 Å². The van der Waals surface area contributed by atoms with E-state index in [1.807, 2.05) is 19.1 Å². The first kappa shape index (κ1) is 10.9. The van der Waals surface area contributed by atoms with Gasteiger partial charge in [-0.1, -0.05) is 22.8 Å². The van der Waals surface area contributed by atoms with Crippen LogP contribution < -0.4 is 0 Å². The Balaban J connectivity index is 2.00. The number of halogens is 1. The summed E-state index contributed by atoms with van der Waals surface area (Å²) in [5.74, 6) is 1.21. The fourth-order valence-corrected chi connectivity index (χ4v) is 1.66. The monoisotopic (exact) mass is 261 g/mol. The van der Waals surface area contributed by atoms with Crippen LogP contribution in [0.4, 0.5) is 0 Å². The van der Waals surface area contributed by atoms with Crippen LogP contribution in [-0.2, 0) is 0 Å². The molecule has 18 heavy (non-hydrogen) atoms. The Kier molecular flexibility index (Phi) is 2.56. The second-order valence-corrected chi connectivity index (χ2v) is 4.13. The minimum atomic E-state index is 0.360. The Bertz CT molecular complexity index is 677. The van der Waals surface area contributed by atoms with Gasteiger partial charge in [0.2, 0.25) is 5.82 Å². The molecule has 0 spiro atoms. The summed E-state index contributed by atoms with van der Waals surface area (Å²) in [5.41, 5.74) is 1.76. The Morgan fingerprint density at radius 3 is 2.94 bits per heavy atom. The smallest absolute Gasteiger partial charge is 0.258 e. The number of aryl methyl sites for hydroxylation is 1. The van der Waals surface area contributed by atoms with Crippen LogP contribution in [0.5, 0.6) is 0 Å². The molecule has 0 bridgehead atoms. The third-order valence-corrected chi connectivity index (χ3v) is 2.88. The molecule has 3 aromatic rings. The number of nitrogens with one attached hydrogen (secondary N) is 1. The maximum absolute atomic E-state index is 6.05. The molecule has 90 valence electrons. The molecule has 2 heterocycles. The molecule has 0 saturated heterocycles. The predicted molar refractivity (Wildman–Crippen MR) is 64.9 cm³/mol. The van der Waals surface area contributed by atoms with Crippen molar-refractivity contribution in [3.8, 4) is 23.1 Å². The Hall–Kier alpha value is -2.21. The van der Waals surface area contributed by atoms with Crippen molar-refractivity contribution >= 4 is 11.6 Å². The number of H-pyrrole nitrogens is 1. The van der Waals surface area contributed by atoms with Crippen molar-refractivity contribution in [2.45, 2.75) is 6.92 Å². The van der Waals surface area contributed by atoms with E-state index in [1.54, 1.807) is 6.07 Å². The van der Waals surface area contributed by atoms with Crippen molar-refractivity contribution in [1.29, 1.82) is 0 Å². The standard InChI is InChI=1S/C11H8ClN5O/c1-6-2-3-7(4-8(6)12)11-15-10(17-18-11)9-13-5-14-16-9/h2-5H,1H3,(H,13,14,16). The van der Waals surface area contributed by atoms with Gasteiger partial charge in [0.25, 0.3) is 5.89 Å². The maximum atomic E-state index is 6.05. The fraction of sp³-hybridized carbons (Fsp3) is 0.0909. The Morgan fingerprint density at radius 2 is 2.22 bits per heavy atom. The number of rotatable bonds is 2. The summed E-state index contributed by atoms with van der Waals surface area (Å²) in [6.45, 7) is 1.93. The molecule has 0 amide bonds. The van der Waals surface area contributed by atoms with Crippen molar-refractivity contribution < 1.29 is 4.52 Å². The zero-order chi connectivity index (χ0) is 12.5. The van der Waals surface area contributed by atoms with Crippen LogP contribution >= 0.6 is 11.6 Å². The molecule has 0 fully saturated rings. The summed E-state index contributed by atoms with van der Waals surface area (Å²) in [7, 11) is 0. The lowest BCUT2D eigenvalue weighted by Gasteiger charge is -1.98. The predicted octanol–water partition coefficient (Wildman–Crippen LogP) is 2.48. The highest BCUT2D eigenvalue weighted by atomic mass is 35.5. The van der Waals surface area contributed by atoms with E-state index in [1.165, 1.54) is 6.33 Å². The van der Waals surface area contributed by atoms with Crippen LogP contribution in [-0.4, -0.2) is 25.3 Å². The molecule has 1 aromatic carbocycles. The number of hydrogen-bond acceptors (Lipinski definition) is 5. The lowest BCUT2D eigenvalue weighted by molar-refractivity contribution is 0.432. The Labute approximate surface area is 107 Å². The normalized spacial score (nSPS) is 10.8. The van der Waals surface area contributed by atoms with Gasteiger partial charge in [-0.15, -0.1) is 0 Å². The second-order valence-electron chi connectivity index (χ2n) is 3.72. The van der Waals surface area contributed by atoms with Crippen LogP contribution in [0.15, 0.2) is 29.0 Å². The summed E-state index contributed by atoms with van der Waals surface area (Å²) < 4.78 is 5.16. The fourth-order valence-electron chi connectivity index (χ4n) is 1.48. The van der Waals surface area contributed by atoms with Crippen molar-refractivity contribution in [1.82, 2.24) is 25.3 Å². The van der Waals surface area contributed by atoms with E-state index < -0.39 is 0 Å². The summed E-state index contributed by atoms with van der Waals surface area (Å²) >= 11 is 6.05. The molecular formula is C11H8ClN5O. The molecule has 0 radical (unpaired) electrons. The number of hydrogen-bond donors (Lipinski definition) is 1. The van der Waals surface area contributed by atoms with Crippen molar-refractivity contribution in [2.24, 2.45) is 0 Å². The molecule has 6 nitrogen and oxygen atoms in total. The summed E-state index contributed by atoms with van der Waals surface area (Å²) in [4.78, 5) is 8.17. The first-order valence-corrected chi connectivity index (χ1v) is 5.58. The number of aromatic amines is 1. The minimum Gasteiger partial charge on any atom is -0.333 e. The molecule has 3 rings (SSSR count). The van der Waals surface area contributed by atoms with Crippen LogP contribution in [0.25, 0.3) is 23.1 Å². The Morgan fingerprint density at radius 1 is 1.33 bits per heavy atom. The number of benzene rings is 1. The highest BCUT2D eigenvalue weighted by Crippen LogP contribution is 2.25. The highest BCUT2D eigenvalue weighted by Gasteiger charge is 2.13. The van der Waals surface area contributed by atoms with Gasteiger partial charge >= 0.3 is 0 Å². The van der Waals surface area contributed by atoms with Gasteiger partial charge < -0.3 is 4.52 Å². The molecule has 7 heteroatoms. The second kappa shape index (κ2) is 4.23. The van der Waals surface area contributed by atoms with Gasteiger partial charge in [-0.25, -0.2) is 4.98 Å².